The highest BCUT2D eigenvalue weighted by Crippen LogP contribution is 2.20. The van der Waals surface area contributed by atoms with Crippen LogP contribution in [0.2, 0.25) is 0 Å². The molecule has 6 nitrogen and oxygen atoms in total. The van der Waals surface area contributed by atoms with Crippen molar-refractivity contribution in [3.05, 3.63) is 41.5 Å². The lowest BCUT2D eigenvalue weighted by atomic mass is 10.0. The van der Waals surface area contributed by atoms with Crippen LogP contribution >= 0.6 is 0 Å². The van der Waals surface area contributed by atoms with Gasteiger partial charge in [-0.2, -0.15) is 0 Å². The van der Waals surface area contributed by atoms with E-state index in [1.807, 2.05) is 31.2 Å². The van der Waals surface area contributed by atoms with Gasteiger partial charge >= 0.3 is 5.97 Å². The van der Waals surface area contributed by atoms with Crippen LogP contribution in [0, 0.1) is 0 Å². The van der Waals surface area contributed by atoms with E-state index in [0.29, 0.717) is 13.0 Å². The monoisotopic (exact) mass is 319 g/mol. The van der Waals surface area contributed by atoms with Gasteiger partial charge in [0.1, 0.15) is 5.75 Å². The van der Waals surface area contributed by atoms with E-state index in [-0.39, 0.29) is 19.1 Å². The Morgan fingerprint density at radius 1 is 1.43 bits per heavy atom. The average Bonchev–Trinajstić information content (AvgIpc) is 2.55. The predicted molar refractivity (Wildman–Crippen MR) is 84.4 cm³/mol. The van der Waals surface area contributed by atoms with Crippen molar-refractivity contribution in [1.29, 1.82) is 0 Å². The Labute approximate surface area is 135 Å². The molecule has 2 rings (SSSR count). The molecular weight excluding hydrogens is 298 g/mol. The van der Waals surface area contributed by atoms with Crippen LogP contribution in [0.3, 0.4) is 0 Å². The molecule has 1 amide bonds. The van der Waals surface area contributed by atoms with Crippen molar-refractivity contribution in [3.63, 3.8) is 0 Å². The van der Waals surface area contributed by atoms with Crippen molar-refractivity contribution >= 4 is 11.9 Å². The highest BCUT2D eigenvalue weighted by Gasteiger charge is 2.28. The molecular formula is C17H21NO5. The van der Waals surface area contributed by atoms with Crippen LogP contribution in [0.25, 0.3) is 0 Å². The maximum atomic E-state index is 12.3. The summed E-state index contributed by atoms with van der Waals surface area (Å²) >= 11 is 0. The Hall–Kier alpha value is -2.34. The predicted octanol–water partition coefficient (Wildman–Crippen LogP) is 1.50. The zero-order valence-corrected chi connectivity index (χ0v) is 13.3. The second-order valence-corrected chi connectivity index (χ2v) is 5.46. The molecule has 0 saturated carbocycles. The molecule has 1 N–H and O–H groups in total. The minimum Gasteiger partial charge on any atom is -0.496 e. The standard InChI is InChI=1S/C17H21NO5/c1-12(9-13-5-3-4-6-14(13)22-2)10-16(19)18-7-8-23-15(11-18)17(20)21/h3-6,10,15H,7-9,11H2,1-2H3,(H,20,21). The minimum absolute atomic E-state index is 0.0760. The number of amides is 1. The van der Waals surface area contributed by atoms with Crippen molar-refractivity contribution in [2.45, 2.75) is 19.4 Å². The van der Waals surface area contributed by atoms with Gasteiger partial charge in [0.05, 0.1) is 20.3 Å². The molecule has 1 fully saturated rings. The van der Waals surface area contributed by atoms with Gasteiger partial charge in [0.2, 0.25) is 5.91 Å². The van der Waals surface area contributed by atoms with Crippen LogP contribution in [0.4, 0.5) is 0 Å². The maximum absolute atomic E-state index is 12.3. The molecule has 1 aromatic carbocycles. The van der Waals surface area contributed by atoms with Crippen LogP contribution in [0.5, 0.6) is 5.75 Å². The number of carbonyl (C=O) groups excluding carboxylic acids is 1. The lowest BCUT2D eigenvalue weighted by Gasteiger charge is -2.30. The average molecular weight is 319 g/mol. The summed E-state index contributed by atoms with van der Waals surface area (Å²) in [7, 11) is 1.61. The molecule has 0 bridgehead atoms. The van der Waals surface area contributed by atoms with Gasteiger partial charge in [0, 0.05) is 12.6 Å². The Morgan fingerprint density at radius 3 is 2.87 bits per heavy atom. The number of para-hydroxylation sites is 1. The molecule has 1 aliphatic rings. The zero-order chi connectivity index (χ0) is 16.8. The van der Waals surface area contributed by atoms with E-state index in [4.69, 9.17) is 14.6 Å². The topological polar surface area (TPSA) is 76.1 Å². The van der Waals surface area contributed by atoms with Crippen LogP contribution in [0.15, 0.2) is 35.9 Å². The summed E-state index contributed by atoms with van der Waals surface area (Å²) in [5.74, 6) is -0.450. The number of nitrogens with zero attached hydrogens (tertiary/aromatic N) is 1. The van der Waals surface area contributed by atoms with Gasteiger partial charge in [-0.3, -0.25) is 4.79 Å². The lowest BCUT2D eigenvalue weighted by molar-refractivity contribution is -0.158. The number of hydrogen-bond acceptors (Lipinski definition) is 4. The number of rotatable bonds is 5. The molecule has 0 radical (unpaired) electrons. The van der Waals surface area contributed by atoms with Gasteiger partial charge in [-0.25, -0.2) is 4.79 Å². The van der Waals surface area contributed by atoms with Crippen molar-refractivity contribution in [3.8, 4) is 5.75 Å². The summed E-state index contributed by atoms with van der Waals surface area (Å²) in [6.45, 7) is 2.59. The fraction of sp³-hybridized carbons (Fsp3) is 0.412. The molecule has 23 heavy (non-hydrogen) atoms. The first kappa shape index (κ1) is 17.0. The van der Waals surface area contributed by atoms with E-state index in [1.165, 1.54) is 4.90 Å². The quantitative estimate of drug-likeness (QED) is 0.832. The van der Waals surface area contributed by atoms with E-state index in [0.717, 1.165) is 16.9 Å². The molecule has 0 spiro atoms. The third-order valence-electron chi connectivity index (χ3n) is 3.69. The maximum Gasteiger partial charge on any atom is 0.334 e. The Morgan fingerprint density at radius 2 is 2.17 bits per heavy atom. The SMILES string of the molecule is COc1ccccc1CC(C)=CC(=O)N1CCOC(C(=O)O)C1. The Bertz CT molecular complexity index is 611. The number of allylic oxidation sites excluding steroid dienone is 1. The van der Waals surface area contributed by atoms with Crippen molar-refractivity contribution in [2.75, 3.05) is 26.8 Å². The Balaban J connectivity index is 2.02. The highest BCUT2D eigenvalue weighted by molar-refractivity contribution is 5.89. The second kappa shape index (κ2) is 7.78. The number of carboxylic acid groups (broad SMARTS) is 1. The van der Waals surface area contributed by atoms with Crippen LogP contribution in [0.1, 0.15) is 12.5 Å². The fourth-order valence-electron chi connectivity index (χ4n) is 2.50. The molecule has 1 aliphatic heterocycles. The Kier molecular flexibility index (Phi) is 5.76. The first-order valence-electron chi connectivity index (χ1n) is 7.43. The van der Waals surface area contributed by atoms with Crippen molar-refractivity contribution in [2.24, 2.45) is 0 Å². The number of hydrogen-bond donors (Lipinski definition) is 1. The first-order chi connectivity index (χ1) is 11.0. The lowest BCUT2D eigenvalue weighted by Crippen LogP contribution is -2.48. The van der Waals surface area contributed by atoms with Crippen LogP contribution in [-0.4, -0.2) is 54.8 Å². The van der Waals surface area contributed by atoms with Crippen molar-refractivity contribution in [1.82, 2.24) is 4.90 Å². The molecule has 0 aromatic heterocycles. The summed E-state index contributed by atoms with van der Waals surface area (Å²) < 4.78 is 10.4. The van der Waals surface area contributed by atoms with E-state index in [2.05, 4.69) is 0 Å². The third-order valence-corrected chi connectivity index (χ3v) is 3.69. The third kappa shape index (κ3) is 4.56. The summed E-state index contributed by atoms with van der Waals surface area (Å²) in [6, 6.07) is 7.65. The fourth-order valence-corrected chi connectivity index (χ4v) is 2.50. The highest BCUT2D eigenvalue weighted by atomic mass is 16.5. The molecule has 1 heterocycles. The van der Waals surface area contributed by atoms with E-state index < -0.39 is 12.1 Å². The first-order valence-corrected chi connectivity index (χ1v) is 7.43. The molecule has 1 atom stereocenters. The van der Waals surface area contributed by atoms with E-state index in [1.54, 1.807) is 13.2 Å². The van der Waals surface area contributed by atoms with Gasteiger partial charge in [-0.05, 0) is 25.0 Å². The number of benzene rings is 1. The van der Waals surface area contributed by atoms with Crippen LogP contribution < -0.4 is 4.74 Å². The second-order valence-electron chi connectivity index (χ2n) is 5.46. The summed E-state index contributed by atoms with van der Waals surface area (Å²) in [4.78, 5) is 24.8. The molecule has 1 saturated heterocycles. The summed E-state index contributed by atoms with van der Waals surface area (Å²) in [6.07, 6.45) is 1.20. The normalized spacial score (nSPS) is 18.6. The summed E-state index contributed by atoms with van der Waals surface area (Å²) in [5, 5.41) is 8.98. The smallest absolute Gasteiger partial charge is 0.334 e. The number of methoxy groups -OCH3 is 1. The largest absolute Gasteiger partial charge is 0.496 e. The van der Waals surface area contributed by atoms with Gasteiger partial charge in [0.15, 0.2) is 6.10 Å². The zero-order valence-electron chi connectivity index (χ0n) is 13.3. The molecule has 6 heteroatoms. The summed E-state index contributed by atoms with van der Waals surface area (Å²) in [5.41, 5.74) is 1.89. The molecule has 124 valence electrons. The van der Waals surface area contributed by atoms with E-state index in [9.17, 15) is 9.59 Å². The van der Waals surface area contributed by atoms with Gasteiger partial charge in [0.25, 0.3) is 0 Å². The number of ether oxygens (including phenoxy) is 2. The number of carbonyl (C=O) groups is 2. The van der Waals surface area contributed by atoms with Gasteiger partial charge in [-0.1, -0.05) is 23.8 Å². The number of aliphatic carboxylic acids is 1. The molecule has 1 aromatic rings. The van der Waals surface area contributed by atoms with Crippen molar-refractivity contribution < 1.29 is 24.2 Å². The van der Waals surface area contributed by atoms with E-state index >= 15 is 0 Å². The minimum atomic E-state index is -1.04. The molecule has 0 aliphatic carbocycles. The number of carboxylic acids is 1. The van der Waals surface area contributed by atoms with Gasteiger partial charge < -0.3 is 19.5 Å². The van der Waals surface area contributed by atoms with Gasteiger partial charge in [-0.15, -0.1) is 0 Å². The number of morpholine rings is 1. The molecule has 1 unspecified atom stereocenters. The van der Waals surface area contributed by atoms with Crippen LogP contribution in [-0.2, 0) is 20.7 Å².